The van der Waals surface area contributed by atoms with Crippen LogP contribution in [0.2, 0.25) is 5.02 Å². The van der Waals surface area contributed by atoms with E-state index in [-0.39, 0.29) is 11.7 Å². The van der Waals surface area contributed by atoms with Crippen molar-refractivity contribution in [1.82, 2.24) is 14.8 Å². The van der Waals surface area contributed by atoms with Gasteiger partial charge in [-0.25, -0.2) is 0 Å². The number of anilines is 1. The summed E-state index contributed by atoms with van der Waals surface area (Å²) in [5.74, 6) is -0.0334. The molecule has 1 heterocycles. The number of primary amides is 1. The standard InChI is InChI=1S/C23H18ClN5O2S/c24-19-9-5-4-8-18(19)22-27-28-23(29(22)17-6-2-1-3-7-17)32-14-20(30)26-16-12-10-15(11-13-16)21(25)31/h1-13H,14H2,(H2,25,31)(H,26,30). The van der Waals surface area contributed by atoms with Gasteiger partial charge in [0, 0.05) is 22.5 Å². The fourth-order valence-electron chi connectivity index (χ4n) is 3.04. The van der Waals surface area contributed by atoms with E-state index in [9.17, 15) is 9.59 Å². The third-order valence-electron chi connectivity index (χ3n) is 4.55. The molecule has 0 aliphatic carbocycles. The molecule has 160 valence electrons. The molecule has 4 rings (SSSR count). The molecule has 0 atom stereocenters. The van der Waals surface area contributed by atoms with Crippen LogP contribution in [0.1, 0.15) is 10.4 Å². The lowest BCUT2D eigenvalue weighted by atomic mass is 10.2. The zero-order valence-corrected chi connectivity index (χ0v) is 18.3. The van der Waals surface area contributed by atoms with E-state index in [1.54, 1.807) is 30.3 Å². The number of nitrogens with two attached hydrogens (primary N) is 1. The number of benzene rings is 3. The van der Waals surface area contributed by atoms with Crippen molar-refractivity contribution in [3.8, 4) is 17.1 Å². The first kappa shape index (κ1) is 21.6. The third kappa shape index (κ3) is 4.82. The molecule has 0 unspecified atom stereocenters. The smallest absolute Gasteiger partial charge is 0.248 e. The second kappa shape index (κ2) is 9.67. The van der Waals surface area contributed by atoms with E-state index < -0.39 is 5.91 Å². The maximum atomic E-state index is 12.5. The van der Waals surface area contributed by atoms with Crippen molar-refractivity contribution < 1.29 is 9.59 Å². The summed E-state index contributed by atoms with van der Waals surface area (Å²) in [7, 11) is 0. The van der Waals surface area contributed by atoms with E-state index in [0.717, 1.165) is 11.3 Å². The molecule has 9 heteroatoms. The first-order valence-corrected chi connectivity index (χ1v) is 11.0. The number of carbonyl (C=O) groups excluding carboxylic acids is 2. The van der Waals surface area contributed by atoms with Crippen LogP contribution < -0.4 is 11.1 Å². The molecule has 0 bridgehead atoms. The summed E-state index contributed by atoms with van der Waals surface area (Å²) in [6, 6.07) is 23.4. The topological polar surface area (TPSA) is 103 Å². The maximum absolute atomic E-state index is 12.5. The lowest BCUT2D eigenvalue weighted by Gasteiger charge is -2.11. The number of rotatable bonds is 7. The predicted octanol–water partition coefficient (Wildman–Crippen LogP) is 4.42. The van der Waals surface area contributed by atoms with Gasteiger partial charge in [-0.3, -0.25) is 14.2 Å². The number of nitrogens with zero attached hydrogens (tertiary/aromatic N) is 3. The Morgan fingerprint density at radius 1 is 0.938 bits per heavy atom. The molecule has 0 aliphatic heterocycles. The number of thioether (sulfide) groups is 1. The molecule has 1 aromatic heterocycles. The number of carbonyl (C=O) groups is 2. The van der Waals surface area contributed by atoms with E-state index in [0.29, 0.717) is 27.3 Å². The van der Waals surface area contributed by atoms with E-state index in [1.165, 1.54) is 11.8 Å². The molecule has 4 aromatic rings. The average molecular weight is 464 g/mol. The van der Waals surface area contributed by atoms with Gasteiger partial charge in [-0.1, -0.05) is 53.7 Å². The minimum Gasteiger partial charge on any atom is -0.366 e. The Kier molecular flexibility index (Phi) is 6.53. The number of para-hydroxylation sites is 1. The summed E-state index contributed by atoms with van der Waals surface area (Å²) in [5, 5.41) is 12.6. The Bertz CT molecular complexity index is 1260. The molecule has 0 saturated carbocycles. The van der Waals surface area contributed by atoms with Gasteiger partial charge in [0.1, 0.15) is 0 Å². The number of amides is 2. The zero-order chi connectivity index (χ0) is 22.5. The SMILES string of the molecule is NC(=O)c1ccc(NC(=O)CSc2nnc(-c3ccccc3Cl)n2-c2ccccc2)cc1. The second-order valence-electron chi connectivity index (χ2n) is 6.74. The fourth-order valence-corrected chi connectivity index (χ4v) is 4.01. The largest absolute Gasteiger partial charge is 0.366 e. The molecule has 7 nitrogen and oxygen atoms in total. The quantitative estimate of drug-likeness (QED) is 0.395. The van der Waals surface area contributed by atoms with Crippen molar-refractivity contribution >= 4 is 40.9 Å². The van der Waals surface area contributed by atoms with Crippen molar-refractivity contribution in [3.63, 3.8) is 0 Å². The Balaban J connectivity index is 1.55. The van der Waals surface area contributed by atoms with Crippen molar-refractivity contribution in [3.05, 3.63) is 89.4 Å². The lowest BCUT2D eigenvalue weighted by molar-refractivity contribution is -0.113. The molecule has 0 radical (unpaired) electrons. The maximum Gasteiger partial charge on any atom is 0.248 e. The molecule has 0 spiro atoms. The van der Waals surface area contributed by atoms with Crippen LogP contribution in [0.5, 0.6) is 0 Å². The van der Waals surface area contributed by atoms with Gasteiger partial charge in [-0.05, 0) is 48.5 Å². The molecule has 0 fully saturated rings. The number of aromatic nitrogens is 3. The highest BCUT2D eigenvalue weighted by Crippen LogP contribution is 2.31. The minimum atomic E-state index is -0.520. The molecular weight excluding hydrogens is 446 g/mol. The van der Waals surface area contributed by atoms with Crippen molar-refractivity contribution in [2.24, 2.45) is 5.73 Å². The van der Waals surface area contributed by atoms with Gasteiger partial charge in [-0.15, -0.1) is 10.2 Å². The Morgan fingerprint density at radius 2 is 1.62 bits per heavy atom. The van der Waals surface area contributed by atoms with Crippen LogP contribution in [0.15, 0.2) is 84.0 Å². The molecular formula is C23H18ClN5O2S. The van der Waals surface area contributed by atoms with Gasteiger partial charge < -0.3 is 11.1 Å². The Labute approximate surface area is 193 Å². The van der Waals surface area contributed by atoms with E-state index >= 15 is 0 Å². The lowest BCUT2D eigenvalue weighted by Crippen LogP contribution is -2.15. The average Bonchev–Trinajstić information content (AvgIpc) is 3.22. The van der Waals surface area contributed by atoms with Gasteiger partial charge in [0.15, 0.2) is 11.0 Å². The molecule has 0 aliphatic rings. The molecule has 3 aromatic carbocycles. The van der Waals surface area contributed by atoms with Crippen LogP contribution in [0.3, 0.4) is 0 Å². The zero-order valence-electron chi connectivity index (χ0n) is 16.7. The van der Waals surface area contributed by atoms with Gasteiger partial charge in [0.2, 0.25) is 11.8 Å². The number of halogens is 1. The van der Waals surface area contributed by atoms with E-state index in [2.05, 4.69) is 15.5 Å². The van der Waals surface area contributed by atoms with Crippen LogP contribution in [-0.4, -0.2) is 32.3 Å². The Morgan fingerprint density at radius 3 is 2.31 bits per heavy atom. The number of hydrogen-bond donors (Lipinski definition) is 2. The molecule has 2 amide bonds. The van der Waals surface area contributed by atoms with Crippen LogP contribution in [0, 0.1) is 0 Å². The normalized spacial score (nSPS) is 10.7. The summed E-state index contributed by atoms with van der Waals surface area (Å²) in [4.78, 5) is 23.7. The highest BCUT2D eigenvalue weighted by atomic mass is 35.5. The highest BCUT2D eigenvalue weighted by Gasteiger charge is 2.19. The predicted molar refractivity (Wildman–Crippen MR) is 126 cm³/mol. The summed E-state index contributed by atoms with van der Waals surface area (Å²) in [5.41, 5.74) is 7.79. The van der Waals surface area contributed by atoms with Crippen molar-refractivity contribution in [2.45, 2.75) is 5.16 Å². The van der Waals surface area contributed by atoms with Gasteiger partial charge in [0.05, 0.1) is 10.8 Å². The summed E-state index contributed by atoms with van der Waals surface area (Å²) < 4.78 is 1.88. The van der Waals surface area contributed by atoms with Gasteiger partial charge in [0.25, 0.3) is 0 Å². The van der Waals surface area contributed by atoms with Crippen LogP contribution in [0.4, 0.5) is 5.69 Å². The second-order valence-corrected chi connectivity index (χ2v) is 8.09. The molecule has 3 N–H and O–H groups in total. The van der Waals surface area contributed by atoms with Crippen LogP contribution in [0.25, 0.3) is 17.1 Å². The van der Waals surface area contributed by atoms with E-state index in [1.807, 2.05) is 53.1 Å². The van der Waals surface area contributed by atoms with Crippen LogP contribution >= 0.6 is 23.4 Å². The van der Waals surface area contributed by atoms with Crippen molar-refractivity contribution in [2.75, 3.05) is 11.1 Å². The highest BCUT2D eigenvalue weighted by molar-refractivity contribution is 7.99. The summed E-state index contributed by atoms with van der Waals surface area (Å²) >= 11 is 7.65. The van der Waals surface area contributed by atoms with Crippen molar-refractivity contribution in [1.29, 1.82) is 0 Å². The third-order valence-corrected chi connectivity index (χ3v) is 5.81. The monoisotopic (exact) mass is 463 g/mol. The van der Waals surface area contributed by atoms with Gasteiger partial charge >= 0.3 is 0 Å². The summed E-state index contributed by atoms with van der Waals surface area (Å²) in [6.07, 6.45) is 0. The fraction of sp³-hybridized carbons (Fsp3) is 0.0435. The first-order chi connectivity index (χ1) is 15.5. The van der Waals surface area contributed by atoms with Crippen LogP contribution in [-0.2, 0) is 4.79 Å². The minimum absolute atomic E-state index is 0.116. The number of nitrogens with one attached hydrogen (secondary N) is 1. The molecule has 0 saturated heterocycles. The molecule has 32 heavy (non-hydrogen) atoms. The summed E-state index contributed by atoms with van der Waals surface area (Å²) in [6.45, 7) is 0. The van der Waals surface area contributed by atoms with Gasteiger partial charge in [-0.2, -0.15) is 0 Å². The first-order valence-electron chi connectivity index (χ1n) is 9.61. The van der Waals surface area contributed by atoms with E-state index in [4.69, 9.17) is 17.3 Å². The Hall–Kier alpha value is -3.62. The number of hydrogen-bond acceptors (Lipinski definition) is 5.